The molecule has 1 heterocycles. The zero-order valence-corrected chi connectivity index (χ0v) is 36.6. The Labute approximate surface area is 380 Å². The third kappa shape index (κ3) is 16.7. The van der Waals surface area contributed by atoms with Crippen LogP contribution in [0.4, 0.5) is 10.8 Å². The molecule has 0 amide bonds. The highest BCUT2D eigenvalue weighted by molar-refractivity contribution is 7.22. The number of nitrogens with one attached hydrogen (secondary N) is 1. The first-order valence-corrected chi connectivity index (χ1v) is 21.8. The highest BCUT2D eigenvalue weighted by Crippen LogP contribution is 2.29. The van der Waals surface area contributed by atoms with Crippen molar-refractivity contribution in [3.63, 3.8) is 0 Å². The molecule has 1 aromatic heterocycles. The van der Waals surface area contributed by atoms with Gasteiger partial charge in [-0.2, -0.15) is 5.10 Å². The number of carbonyl (C=O) groups is 4. The third-order valence-electron chi connectivity index (χ3n) is 9.46. The predicted molar refractivity (Wildman–Crippen MR) is 246 cm³/mol. The Balaban J connectivity index is 1.14. The Morgan fingerprint density at radius 2 is 1.25 bits per heavy atom. The lowest BCUT2D eigenvalue weighted by atomic mass is 10.1. The number of non-ortho nitro benzene ring substituents is 1. The molecule has 4 aromatic carbocycles. The number of ether oxygens (including phenoxy) is 6. The van der Waals surface area contributed by atoms with Crippen molar-refractivity contribution in [2.45, 2.75) is 57.8 Å². The summed E-state index contributed by atoms with van der Waals surface area (Å²) in [6.45, 7) is 8.53. The Morgan fingerprint density at radius 3 is 1.82 bits per heavy atom. The molecular weight excluding hydrogens is 857 g/mol. The van der Waals surface area contributed by atoms with Gasteiger partial charge in [0.05, 0.1) is 65.5 Å². The van der Waals surface area contributed by atoms with Gasteiger partial charge in [0, 0.05) is 36.3 Å². The largest absolute Gasteiger partial charge is 0.494 e. The number of nitrogens with zero attached hydrogens (tertiary/aromatic N) is 3. The molecule has 0 aliphatic heterocycles. The third-order valence-corrected chi connectivity index (χ3v) is 10.4. The van der Waals surface area contributed by atoms with E-state index in [-0.39, 0.29) is 18.0 Å². The zero-order valence-electron chi connectivity index (χ0n) is 35.8. The van der Waals surface area contributed by atoms with E-state index in [0.717, 1.165) is 73.8 Å². The fraction of sp³-hybridized carbons (Fsp3) is 0.292. The number of aromatic nitrogens is 1. The summed E-state index contributed by atoms with van der Waals surface area (Å²) in [7, 11) is 0. The smallest absolute Gasteiger partial charge is 0.343 e. The SMILES string of the molecule is C=CC(=O)OCCCCCCOc1ccc(C(=O)OCCc2ccc(OC(=O)c3ccc(OCCCCCCOC(=O)C=C)cc3)c(/C=N/Nc3nc4cc([N+](=O)[O-])ccc4s3)c2)cc1. The lowest BCUT2D eigenvalue weighted by molar-refractivity contribution is -0.384. The van der Waals surface area contributed by atoms with Crippen LogP contribution in [0.5, 0.6) is 17.2 Å². The summed E-state index contributed by atoms with van der Waals surface area (Å²) in [4.78, 5) is 63.6. The molecule has 0 saturated carbocycles. The number of nitro groups is 1. The minimum atomic E-state index is -0.608. The van der Waals surface area contributed by atoms with Crippen LogP contribution >= 0.6 is 11.3 Å². The second-order valence-corrected chi connectivity index (χ2v) is 15.3. The molecule has 0 radical (unpaired) electrons. The van der Waals surface area contributed by atoms with Crippen LogP contribution in [-0.4, -0.2) is 73.0 Å². The lowest BCUT2D eigenvalue weighted by Gasteiger charge is -2.11. The minimum absolute atomic E-state index is 0.0668. The molecule has 0 fully saturated rings. The number of benzene rings is 4. The van der Waals surface area contributed by atoms with E-state index in [0.29, 0.717) is 71.7 Å². The van der Waals surface area contributed by atoms with E-state index < -0.39 is 28.8 Å². The maximum atomic E-state index is 13.3. The molecule has 1 N–H and O–H groups in total. The number of hydrogen-bond acceptors (Lipinski definition) is 16. The molecule has 0 unspecified atom stereocenters. The number of hydrogen-bond donors (Lipinski definition) is 1. The first kappa shape index (κ1) is 48.6. The van der Waals surface area contributed by atoms with E-state index in [4.69, 9.17) is 28.4 Å². The second-order valence-electron chi connectivity index (χ2n) is 14.3. The summed E-state index contributed by atoms with van der Waals surface area (Å²) in [5.74, 6) is -0.506. The molecule has 16 nitrogen and oxygen atoms in total. The number of anilines is 1. The maximum absolute atomic E-state index is 13.3. The van der Waals surface area contributed by atoms with E-state index in [1.807, 2.05) is 0 Å². The summed E-state index contributed by atoms with van der Waals surface area (Å²) in [5.41, 5.74) is 5.10. The first-order chi connectivity index (χ1) is 31.6. The van der Waals surface area contributed by atoms with Crippen LogP contribution in [0, 0.1) is 10.1 Å². The number of nitro benzene ring substituents is 1. The number of esters is 4. The molecule has 0 spiro atoms. The lowest BCUT2D eigenvalue weighted by Crippen LogP contribution is -2.11. The van der Waals surface area contributed by atoms with E-state index in [1.54, 1.807) is 72.8 Å². The van der Waals surface area contributed by atoms with Crippen molar-refractivity contribution in [2.24, 2.45) is 5.10 Å². The van der Waals surface area contributed by atoms with Gasteiger partial charge >= 0.3 is 23.9 Å². The minimum Gasteiger partial charge on any atom is -0.494 e. The summed E-state index contributed by atoms with van der Waals surface area (Å²) >= 11 is 1.26. The van der Waals surface area contributed by atoms with Crippen LogP contribution in [-0.2, 0) is 30.2 Å². The van der Waals surface area contributed by atoms with Gasteiger partial charge in [0.1, 0.15) is 17.2 Å². The van der Waals surface area contributed by atoms with Crippen molar-refractivity contribution < 1.29 is 52.5 Å². The van der Waals surface area contributed by atoms with Crippen molar-refractivity contribution in [1.82, 2.24) is 4.98 Å². The topological polar surface area (TPSA) is 204 Å². The van der Waals surface area contributed by atoms with E-state index >= 15 is 0 Å². The standard InChI is InChI=1S/C48H50N4O12S/c1-3-44(53)61-28-11-7-5-9-26-59-39-19-14-35(15-20-39)46(55)63-30-25-34-13-23-42(37(31-34)33-49-51-48-50-41-32-38(52(57)58)18-24-43(41)65-48)64-47(56)36-16-21-40(22-17-36)60-27-10-6-8-12-29-62-45(54)4-2/h3-4,13-24,31-33H,1-2,5-12,25-30H2,(H,50,51)/b49-33+. The first-order valence-electron chi connectivity index (χ1n) is 21.0. The zero-order chi connectivity index (χ0) is 46.2. The normalized spacial score (nSPS) is 10.8. The van der Waals surface area contributed by atoms with Crippen LogP contribution < -0.4 is 19.6 Å². The molecular formula is C48H50N4O12S. The monoisotopic (exact) mass is 906 g/mol. The Kier molecular flexibility index (Phi) is 19.7. The van der Waals surface area contributed by atoms with Gasteiger partial charge in [0.2, 0.25) is 5.13 Å². The molecule has 5 rings (SSSR count). The average Bonchev–Trinajstić information content (AvgIpc) is 3.73. The van der Waals surface area contributed by atoms with E-state index in [2.05, 4.69) is 28.7 Å². The van der Waals surface area contributed by atoms with Gasteiger partial charge in [0.25, 0.3) is 5.69 Å². The fourth-order valence-corrected chi connectivity index (χ4v) is 6.81. The van der Waals surface area contributed by atoms with Gasteiger partial charge in [-0.1, -0.05) is 30.6 Å². The van der Waals surface area contributed by atoms with E-state index in [9.17, 15) is 29.3 Å². The average molecular weight is 907 g/mol. The molecule has 0 aliphatic rings. The number of hydrazone groups is 1. The Hall–Kier alpha value is -7.40. The van der Waals surface area contributed by atoms with Gasteiger partial charge in [-0.25, -0.2) is 24.2 Å². The summed E-state index contributed by atoms with van der Waals surface area (Å²) in [6.07, 6.45) is 10.9. The quantitative estimate of drug-likeness (QED) is 0.00726. The van der Waals surface area contributed by atoms with Crippen LogP contribution in [0.1, 0.15) is 83.2 Å². The van der Waals surface area contributed by atoms with Gasteiger partial charge in [-0.05, 0) is 124 Å². The van der Waals surface area contributed by atoms with Crippen LogP contribution in [0.2, 0.25) is 0 Å². The Morgan fingerprint density at radius 1 is 0.677 bits per heavy atom. The van der Waals surface area contributed by atoms with Gasteiger partial charge < -0.3 is 28.4 Å². The number of fused-ring (bicyclic) bond motifs is 1. The molecule has 0 aliphatic carbocycles. The molecule has 0 atom stereocenters. The van der Waals surface area contributed by atoms with Gasteiger partial charge in [-0.3, -0.25) is 15.5 Å². The molecule has 5 aromatic rings. The van der Waals surface area contributed by atoms with Gasteiger partial charge in [-0.15, -0.1) is 0 Å². The number of carbonyl (C=O) groups excluding carboxylic acids is 4. The summed E-state index contributed by atoms with van der Waals surface area (Å²) < 4.78 is 33.7. The van der Waals surface area contributed by atoms with Crippen LogP contribution in [0.25, 0.3) is 10.2 Å². The summed E-state index contributed by atoms with van der Waals surface area (Å²) in [6, 6.07) is 22.9. The van der Waals surface area contributed by atoms with Crippen molar-refractivity contribution in [3.8, 4) is 17.2 Å². The maximum Gasteiger partial charge on any atom is 0.343 e. The van der Waals surface area contributed by atoms with Crippen LogP contribution in [0.3, 0.4) is 0 Å². The molecule has 0 saturated heterocycles. The number of unbranched alkanes of at least 4 members (excludes halogenated alkanes) is 6. The number of thiazole rings is 1. The molecule has 0 bridgehead atoms. The molecule has 340 valence electrons. The molecule has 65 heavy (non-hydrogen) atoms. The summed E-state index contributed by atoms with van der Waals surface area (Å²) in [5, 5.41) is 15.9. The molecule has 17 heteroatoms. The van der Waals surface area contributed by atoms with Crippen molar-refractivity contribution >= 4 is 62.5 Å². The number of rotatable bonds is 28. The predicted octanol–water partition coefficient (Wildman–Crippen LogP) is 9.61. The second kappa shape index (κ2) is 26.3. The van der Waals surface area contributed by atoms with Crippen molar-refractivity contribution in [2.75, 3.05) is 38.5 Å². The highest BCUT2D eigenvalue weighted by Gasteiger charge is 2.15. The van der Waals surface area contributed by atoms with Gasteiger partial charge in [0.15, 0.2) is 0 Å². The van der Waals surface area contributed by atoms with Crippen molar-refractivity contribution in [3.05, 3.63) is 143 Å². The van der Waals surface area contributed by atoms with Crippen molar-refractivity contribution in [1.29, 1.82) is 0 Å². The highest BCUT2D eigenvalue weighted by atomic mass is 32.1. The van der Waals surface area contributed by atoms with Crippen LogP contribution in [0.15, 0.2) is 115 Å². The fourth-order valence-electron chi connectivity index (χ4n) is 6.02. The van der Waals surface area contributed by atoms with E-state index in [1.165, 1.54) is 29.7 Å². The Bertz CT molecular complexity index is 2430.